The highest BCUT2D eigenvalue weighted by Gasteiger charge is 2.10. The molecule has 0 spiro atoms. The minimum absolute atomic E-state index is 0.0122. The number of nitrogens with zero attached hydrogens (tertiary/aromatic N) is 2. The third kappa shape index (κ3) is 1.85. The van der Waals surface area contributed by atoms with E-state index in [1.54, 1.807) is 18.3 Å². The van der Waals surface area contributed by atoms with Gasteiger partial charge in [-0.15, -0.1) is 0 Å². The van der Waals surface area contributed by atoms with Crippen molar-refractivity contribution in [1.82, 2.24) is 15.0 Å². The Balaban J connectivity index is 2.36. The lowest BCUT2D eigenvalue weighted by Gasteiger charge is -2.07. The molecule has 94 valence electrons. The molecule has 3 aromatic rings. The Labute approximate surface area is 108 Å². The number of fused-ring (bicyclic) bond motifs is 1. The number of benzene rings is 1. The quantitative estimate of drug-likeness (QED) is 0.695. The lowest BCUT2D eigenvalue weighted by atomic mass is 10.0. The van der Waals surface area contributed by atoms with E-state index in [4.69, 9.17) is 0 Å². The highest BCUT2D eigenvalue weighted by molar-refractivity contribution is 5.89. The Kier molecular flexibility index (Phi) is 2.52. The Hall–Kier alpha value is -2.69. The van der Waals surface area contributed by atoms with E-state index < -0.39 is 0 Å². The molecule has 1 aromatic carbocycles. The van der Waals surface area contributed by atoms with E-state index in [2.05, 4.69) is 15.0 Å². The Morgan fingerprint density at radius 2 is 2.11 bits per heavy atom. The minimum atomic E-state index is -0.274. The largest absolute Gasteiger partial charge is 0.506 e. The molecule has 0 fully saturated rings. The Morgan fingerprint density at radius 1 is 1.26 bits per heavy atom. The lowest BCUT2D eigenvalue weighted by molar-refractivity contribution is 0.480. The van der Waals surface area contributed by atoms with Gasteiger partial charge in [-0.3, -0.25) is 9.78 Å². The number of rotatable bonds is 1. The number of aromatic amines is 1. The van der Waals surface area contributed by atoms with Gasteiger partial charge >= 0.3 is 0 Å². The summed E-state index contributed by atoms with van der Waals surface area (Å²) in [7, 11) is 0. The molecule has 2 N–H and O–H groups in total. The van der Waals surface area contributed by atoms with E-state index in [1.165, 1.54) is 6.33 Å². The van der Waals surface area contributed by atoms with Crippen LogP contribution in [0.1, 0.15) is 5.69 Å². The summed E-state index contributed by atoms with van der Waals surface area (Å²) in [5.74, 6) is -0.0122. The van der Waals surface area contributed by atoms with Crippen LogP contribution in [0.5, 0.6) is 5.75 Å². The van der Waals surface area contributed by atoms with Gasteiger partial charge in [0.25, 0.3) is 5.56 Å². The van der Waals surface area contributed by atoms with Crippen molar-refractivity contribution in [2.45, 2.75) is 6.92 Å². The van der Waals surface area contributed by atoms with Gasteiger partial charge in [-0.25, -0.2) is 4.98 Å². The molecule has 0 radical (unpaired) electrons. The average molecular weight is 253 g/mol. The van der Waals surface area contributed by atoms with Gasteiger partial charge in [0, 0.05) is 17.5 Å². The van der Waals surface area contributed by atoms with Crippen molar-refractivity contribution in [3.05, 3.63) is 52.8 Å². The number of nitrogens with one attached hydrogen (secondary N) is 1. The van der Waals surface area contributed by atoms with Crippen LogP contribution in [0.3, 0.4) is 0 Å². The number of aromatic hydroxyl groups is 1. The predicted octanol–water partition coefficient (Wildman–Crippen LogP) is 2.00. The first-order chi connectivity index (χ1) is 9.16. The van der Waals surface area contributed by atoms with Gasteiger partial charge in [0.05, 0.1) is 11.7 Å². The molecular formula is C14H11N3O2. The Bertz CT molecular complexity index is 824. The zero-order valence-corrected chi connectivity index (χ0v) is 10.2. The molecule has 5 nitrogen and oxygen atoms in total. The van der Waals surface area contributed by atoms with Gasteiger partial charge in [0.15, 0.2) is 0 Å². The van der Waals surface area contributed by atoms with Crippen LogP contribution >= 0.6 is 0 Å². The fourth-order valence-electron chi connectivity index (χ4n) is 2.11. The first-order valence-electron chi connectivity index (χ1n) is 5.79. The van der Waals surface area contributed by atoms with Crippen molar-refractivity contribution in [3.63, 3.8) is 0 Å². The highest BCUT2D eigenvalue weighted by atomic mass is 16.3. The molecule has 0 bridgehead atoms. The summed E-state index contributed by atoms with van der Waals surface area (Å²) in [6.45, 7) is 1.88. The van der Waals surface area contributed by atoms with E-state index in [9.17, 15) is 9.90 Å². The molecule has 0 atom stereocenters. The SMILES string of the molecule is Cc1ncccc1-c1cc(O)c2nc[nH]c(=O)c2c1. The molecule has 5 heteroatoms. The van der Waals surface area contributed by atoms with Crippen LogP contribution < -0.4 is 5.56 Å². The maximum Gasteiger partial charge on any atom is 0.258 e. The van der Waals surface area contributed by atoms with Crippen LogP contribution in [0.15, 0.2) is 41.6 Å². The number of phenolic OH excluding ortho intramolecular Hbond substituents is 1. The molecule has 0 unspecified atom stereocenters. The number of aromatic nitrogens is 3. The van der Waals surface area contributed by atoms with Gasteiger partial charge in [-0.1, -0.05) is 6.07 Å². The fourth-order valence-corrected chi connectivity index (χ4v) is 2.11. The third-order valence-electron chi connectivity index (χ3n) is 3.04. The molecule has 19 heavy (non-hydrogen) atoms. The number of H-pyrrole nitrogens is 1. The molecule has 2 aromatic heterocycles. The summed E-state index contributed by atoms with van der Waals surface area (Å²) in [5, 5.41) is 10.4. The summed E-state index contributed by atoms with van der Waals surface area (Å²) >= 11 is 0. The smallest absolute Gasteiger partial charge is 0.258 e. The van der Waals surface area contributed by atoms with Crippen molar-refractivity contribution < 1.29 is 5.11 Å². The molecule has 2 heterocycles. The molecule has 0 saturated carbocycles. The fraction of sp³-hybridized carbons (Fsp3) is 0.0714. The number of pyridine rings is 1. The van der Waals surface area contributed by atoms with E-state index >= 15 is 0 Å². The first-order valence-corrected chi connectivity index (χ1v) is 5.79. The zero-order chi connectivity index (χ0) is 13.4. The maximum atomic E-state index is 11.8. The summed E-state index contributed by atoms with van der Waals surface area (Å²) < 4.78 is 0. The van der Waals surface area contributed by atoms with Crippen molar-refractivity contribution in [1.29, 1.82) is 0 Å². The summed E-state index contributed by atoms with van der Waals surface area (Å²) in [4.78, 5) is 22.5. The maximum absolute atomic E-state index is 11.8. The minimum Gasteiger partial charge on any atom is -0.506 e. The second kappa shape index (κ2) is 4.20. The number of aryl methyl sites for hydroxylation is 1. The monoisotopic (exact) mass is 253 g/mol. The van der Waals surface area contributed by atoms with Crippen molar-refractivity contribution in [3.8, 4) is 16.9 Å². The molecular weight excluding hydrogens is 242 g/mol. The second-order valence-corrected chi connectivity index (χ2v) is 4.26. The van der Waals surface area contributed by atoms with Crippen molar-refractivity contribution in [2.24, 2.45) is 0 Å². The van der Waals surface area contributed by atoms with Crippen LogP contribution in [0.4, 0.5) is 0 Å². The van der Waals surface area contributed by atoms with Gasteiger partial charge < -0.3 is 10.1 Å². The topological polar surface area (TPSA) is 78.9 Å². The van der Waals surface area contributed by atoms with Crippen LogP contribution in [-0.4, -0.2) is 20.1 Å². The van der Waals surface area contributed by atoms with Crippen molar-refractivity contribution >= 4 is 10.9 Å². The average Bonchev–Trinajstić information content (AvgIpc) is 2.40. The van der Waals surface area contributed by atoms with E-state index in [0.717, 1.165) is 16.8 Å². The number of phenols is 1. The molecule has 0 amide bonds. The van der Waals surface area contributed by atoms with Gasteiger partial charge in [-0.05, 0) is 30.7 Å². The lowest BCUT2D eigenvalue weighted by Crippen LogP contribution is -2.06. The summed E-state index contributed by atoms with van der Waals surface area (Å²) in [6, 6.07) is 7.02. The summed E-state index contributed by atoms with van der Waals surface area (Å²) in [6.07, 6.45) is 2.98. The number of hydrogen-bond acceptors (Lipinski definition) is 4. The molecule has 0 aliphatic rings. The normalized spacial score (nSPS) is 10.8. The van der Waals surface area contributed by atoms with Crippen LogP contribution in [0, 0.1) is 6.92 Å². The zero-order valence-electron chi connectivity index (χ0n) is 10.2. The molecule has 3 rings (SSSR count). The molecule has 0 saturated heterocycles. The van der Waals surface area contributed by atoms with Crippen LogP contribution in [0.2, 0.25) is 0 Å². The van der Waals surface area contributed by atoms with E-state index in [0.29, 0.717) is 10.9 Å². The van der Waals surface area contributed by atoms with Crippen molar-refractivity contribution in [2.75, 3.05) is 0 Å². The van der Waals surface area contributed by atoms with E-state index in [-0.39, 0.29) is 11.3 Å². The third-order valence-corrected chi connectivity index (χ3v) is 3.04. The second-order valence-electron chi connectivity index (χ2n) is 4.26. The molecule has 0 aliphatic carbocycles. The first kappa shape index (κ1) is 11.4. The predicted molar refractivity (Wildman–Crippen MR) is 72.0 cm³/mol. The van der Waals surface area contributed by atoms with Crippen LogP contribution in [0.25, 0.3) is 22.0 Å². The molecule has 0 aliphatic heterocycles. The van der Waals surface area contributed by atoms with Gasteiger partial charge in [-0.2, -0.15) is 0 Å². The van der Waals surface area contributed by atoms with Crippen LogP contribution in [-0.2, 0) is 0 Å². The Morgan fingerprint density at radius 3 is 2.89 bits per heavy atom. The van der Waals surface area contributed by atoms with Gasteiger partial charge in [0.1, 0.15) is 11.3 Å². The summed E-state index contributed by atoms with van der Waals surface area (Å²) in [5.41, 5.74) is 2.48. The standard InChI is InChI=1S/C14H11N3O2/c1-8-10(3-2-4-15-8)9-5-11-13(12(18)6-9)16-7-17-14(11)19/h2-7,18H,1H3,(H,16,17,19). The van der Waals surface area contributed by atoms with E-state index in [1.807, 2.05) is 19.1 Å². The number of hydrogen-bond donors (Lipinski definition) is 2. The van der Waals surface area contributed by atoms with Gasteiger partial charge in [0.2, 0.25) is 0 Å². The highest BCUT2D eigenvalue weighted by Crippen LogP contribution is 2.29.